The molecular formula is C30H42ClF3N6O4+2. The number of amides is 4. The molecule has 2 atom stereocenters. The summed E-state index contributed by atoms with van der Waals surface area (Å²) >= 11 is 0. The summed E-state index contributed by atoms with van der Waals surface area (Å²) in [7, 11) is 1.52. The van der Waals surface area contributed by atoms with E-state index in [1.165, 1.54) is 11.9 Å². The van der Waals surface area contributed by atoms with E-state index >= 15 is 0 Å². The maximum absolute atomic E-state index is 13.4. The third-order valence-corrected chi connectivity index (χ3v) is 6.76. The zero-order chi connectivity index (χ0) is 32.0. The van der Waals surface area contributed by atoms with Crippen molar-refractivity contribution >= 4 is 23.6 Å². The minimum absolute atomic E-state index is 0. The zero-order valence-corrected chi connectivity index (χ0v) is 25.6. The van der Waals surface area contributed by atoms with Gasteiger partial charge in [0.15, 0.2) is 6.04 Å². The van der Waals surface area contributed by atoms with Gasteiger partial charge in [0.1, 0.15) is 12.5 Å². The first-order valence-corrected chi connectivity index (χ1v) is 14.1. The van der Waals surface area contributed by atoms with E-state index in [1.54, 1.807) is 4.90 Å². The molecule has 2 unspecified atom stereocenters. The molecule has 0 radical (unpaired) electrons. The predicted octanol–water partition coefficient (Wildman–Crippen LogP) is -2.69. The Morgan fingerprint density at radius 2 is 1.61 bits per heavy atom. The van der Waals surface area contributed by atoms with Gasteiger partial charge in [-0.3, -0.25) is 19.2 Å². The first-order chi connectivity index (χ1) is 20.4. The van der Waals surface area contributed by atoms with Crippen molar-refractivity contribution in [3.63, 3.8) is 0 Å². The highest BCUT2D eigenvalue weighted by atomic mass is 35.5. The van der Waals surface area contributed by atoms with Gasteiger partial charge in [0.05, 0.1) is 38.5 Å². The van der Waals surface area contributed by atoms with Crippen molar-refractivity contribution in [1.29, 1.82) is 0 Å². The normalized spacial score (nSPS) is 12.3. The molecule has 44 heavy (non-hydrogen) atoms. The minimum Gasteiger partial charge on any atom is -1.00 e. The molecule has 0 spiro atoms. The van der Waals surface area contributed by atoms with Crippen molar-refractivity contribution in [1.82, 2.24) is 20.4 Å². The molecule has 0 bridgehead atoms. The van der Waals surface area contributed by atoms with Crippen molar-refractivity contribution in [2.24, 2.45) is 0 Å². The molecule has 2 aromatic carbocycles. The second-order valence-electron chi connectivity index (χ2n) is 10.2. The Kier molecular flexibility index (Phi) is 16.3. The number of likely N-dealkylation sites (N-methyl/N-ethyl adjacent to an activating group) is 1. The second-order valence-corrected chi connectivity index (χ2v) is 10.2. The molecule has 0 aliphatic carbocycles. The topological polar surface area (TPSA) is 154 Å². The average Bonchev–Trinajstić information content (AvgIpc) is 2.98. The molecule has 0 aliphatic rings. The number of hydrogen-bond acceptors (Lipinski definition) is 4. The van der Waals surface area contributed by atoms with Crippen LogP contribution in [0.15, 0.2) is 54.6 Å². The molecule has 0 aliphatic heterocycles. The van der Waals surface area contributed by atoms with Crippen LogP contribution in [0.2, 0.25) is 0 Å². The first kappa shape index (κ1) is 38.2. The van der Waals surface area contributed by atoms with Gasteiger partial charge in [-0.15, -0.1) is 0 Å². The summed E-state index contributed by atoms with van der Waals surface area (Å²) in [6.07, 6.45) is -3.33. The Balaban J connectivity index is 0.00000968. The number of benzene rings is 2. The largest absolute Gasteiger partial charge is 1.00 e. The third kappa shape index (κ3) is 12.4. The van der Waals surface area contributed by atoms with E-state index in [-0.39, 0.29) is 49.8 Å². The molecule has 0 saturated carbocycles. The first-order valence-electron chi connectivity index (χ1n) is 14.1. The quantitative estimate of drug-likeness (QED) is 0.147. The van der Waals surface area contributed by atoms with Crippen LogP contribution < -0.4 is 34.5 Å². The van der Waals surface area contributed by atoms with Gasteiger partial charge in [0, 0.05) is 25.7 Å². The summed E-state index contributed by atoms with van der Waals surface area (Å²) in [5.74, 6) is -1.76. The van der Waals surface area contributed by atoms with Crippen molar-refractivity contribution in [2.75, 3.05) is 39.8 Å². The Bertz CT molecular complexity index is 1200. The number of quaternary nitrogens is 2. The van der Waals surface area contributed by atoms with E-state index in [0.717, 1.165) is 29.8 Å². The van der Waals surface area contributed by atoms with E-state index in [0.29, 0.717) is 32.5 Å². The molecule has 2 rings (SSSR count). The van der Waals surface area contributed by atoms with Crippen LogP contribution in [0, 0.1) is 6.92 Å². The Morgan fingerprint density at radius 1 is 0.977 bits per heavy atom. The van der Waals surface area contributed by atoms with Crippen LogP contribution in [0.4, 0.5) is 13.2 Å². The number of halogens is 4. The van der Waals surface area contributed by atoms with E-state index < -0.39 is 41.5 Å². The molecule has 0 saturated heterocycles. The Labute approximate surface area is 262 Å². The lowest BCUT2D eigenvalue weighted by Gasteiger charge is -2.26. The van der Waals surface area contributed by atoms with E-state index in [9.17, 15) is 32.3 Å². The number of nitrogens with one attached hydrogen (secondary N) is 2. The van der Waals surface area contributed by atoms with E-state index in [1.807, 2.05) is 30.3 Å². The van der Waals surface area contributed by atoms with Gasteiger partial charge in [-0.05, 0) is 42.7 Å². The lowest BCUT2D eigenvalue weighted by molar-refractivity contribution is -0.403. The van der Waals surface area contributed by atoms with Gasteiger partial charge in [0.2, 0.25) is 11.8 Å². The van der Waals surface area contributed by atoms with Gasteiger partial charge in [-0.2, -0.15) is 13.2 Å². The van der Waals surface area contributed by atoms with Crippen molar-refractivity contribution in [3.05, 3.63) is 78.2 Å². The van der Waals surface area contributed by atoms with Gasteiger partial charge in [0.25, 0.3) is 11.8 Å². The predicted molar refractivity (Wildman–Crippen MR) is 154 cm³/mol. The molecule has 10 nitrogen and oxygen atoms in total. The number of rotatable bonds is 16. The van der Waals surface area contributed by atoms with Gasteiger partial charge >= 0.3 is 6.18 Å². The highest BCUT2D eigenvalue weighted by molar-refractivity contribution is 5.94. The maximum atomic E-state index is 13.4. The van der Waals surface area contributed by atoms with E-state index in [2.05, 4.69) is 29.0 Å². The summed E-state index contributed by atoms with van der Waals surface area (Å²) in [6, 6.07) is 11.4. The van der Waals surface area contributed by atoms with Crippen LogP contribution in [-0.4, -0.2) is 85.3 Å². The number of hydrogen-bond donors (Lipinski definition) is 4. The van der Waals surface area contributed by atoms with Crippen molar-refractivity contribution in [3.8, 4) is 0 Å². The van der Waals surface area contributed by atoms with Gasteiger partial charge in [-0.25, -0.2) is 0 Å². The molecule has 242 valence electrons. The standard InChI is InChI=1S/C30H39F3N6O4.ClH/c1-3-17-39(18-15-34)26(40)20-24(35)28(42)37-25(14-9-21-7-5-4-6-8-21)29(43)38(2)19-16-36-27(41)22-10-12-23(13-11-22)30(31,32)33;/h4-8,10-13,24-25H,1,3,9,14-20,34-35H2,2H3,(H-,36,37,41,42);1H/p+2. The lowest BCUT2D eigenvalue weighted by Crippen LogP contribution is -3.00. The summed E-state index contributed by atoms with van der Waals surface area (Å²) in [5.41, 5.74) is 7.78. The molecule has 4 amide bonds. The van der Waals surface area contributed by atoms with Crippen LogP contribution in [0.1, 0.15) is 40.7 Å². The fraction of sp³-hybridized carbons (Fsp3) is 0.433. The molecule has 0 heterocycles. The Morgan fingerprint density at radius 3 is 2.18 bits per heavy atom. The number of alkyl halides is 3. The van der Waals surface area contributed by atoms with Crippen LogP contribution in [0.25, 0.3) is 0 Å². The summed E-state index contributed by atoms with van der Waals surface area (Å²) in [4.78, 5) is 54.5. The molecule has 8 N–H and O–H groups in total. The van der Waals surface area contributed by atoms with Crippen molar-refractivity contribution in [2.45, 2.75) is 43.9 Å². The summed E-state index contributed by atoms with van der Waals surface area (Å²) < 4.78 is 38.3. The second kappa shape index (κ2) is 18.8. The fourth-order valence-corrected chi connectivity index (χ4v) is 4.30. The van der Waals surface area contributed by atoms with Crippen LogP contribution in [-0.2, 0) is 27.0 Å². The lowest BCUT2D eigenvalue weighted by atomic mass is 10.0. The highest BCUT2D eigenvalue weighted by Crippen LogP contribution is 2.29. The number of carbonyl (C=O) groups is 4. The van der Waals surface area contributed by atoms with Crippen LogP contribution in [0.5, 0.6) is 0 Å². The summed E-state index contributed by atoms with van der Waals surface area (Å²) in [5, 5.41) is 5.34. The SMILES string of the molecule is [CH2+]CCN(CC[NH3+])C(=O)CC([NH3+])C(=O)NC(CCc1ccccc1)C(=O)N(C)CCNC(=O)c1ccc(C(F)(F)F)cc1.[Cl-]. The highest BCUT2D eigenvalue weighted by Gasteiger charge is 2.31. The molecule has 0 fully saturated rings. The molecule has 0 aromatic heterocycles. The molecule has 14 heteroatoms. The smallest absolute Gasteiger partial charge is 0.416 e. The molecular weight excluding hydrogens is 601 g/mol. The average molecular weight is 643 g/mol. The van der Waals surface area contributed by atoms with E-state index in [4.69, 9.17) is 0 Å². The minimum atomic E-state index is -4.51. The maximum Gasteiger partial charge on any atom is 0.416 e. The number of nitrogens with zero attached hydrogens (tertiary/aromatic N) is 2. The van der Waals surface area contributed by atoms with Crippen LogP contribution >= 0.6 is 0 Å². The van der Waals surface area contributed by atoms with Crippen molar-refractivity contribution < 1.29 is 56.2 Å². The number of aryl methyl sites for hydroxylation is 1. The molecule has 2 aromatic rings. The summed E-state index contributed by atoms with van der Waals surface area (Å²) in [6.45, 7) is 5.30. The zero-order valence-electron chi connectivity index (χ0n) is 24.9. The third-order valence-electron chi connectivity index (χ3n) is 6.76. The van der Waals surface area contributed by atoms with Crippen LogP contribution in [0.3, 0.4) is 0 Å². The fourth-order valence-electron chi connectivity index (χ4n) is 4.30. The monoisotopic (exact) mass is 642 g/mol. The van der Waals surface area contributed by atoms with Gasteiger partial charge in [-0.1, -0.05) is 30.3 Å². The van der Waals surface area contributed by atoms with Gasteiger partial charge < -0.3 is 44.3 Å². The Hall–Kier alpha value is -3.81. The number of carbonyl (C=O) groups excluding carboxylic acids is 4.